The van der Waals surface area contributed by atoms with E-state index in [-0.39, 0.29) is 5.96 Å². The summed E-state index contributed by atoms with van der Waals surface area (Å²) in [7, 11) is 0. The lowest BCUT2D eigenvalue weighted by Crippen LogP contribution is -2.34. The minimum atomic E-state index is -1.02. The number of hydrogen-bond donors (Lipinski definition) is 2. The summed E-state index contributed by atoms with van der Waals surface area (Å²) in [5, 5.41) is 9.56. The topological polar surface area (TPSA) is 61.9 Å². The predicted molar refractivity (Wildman–Crippen MR) is 82.8 cm³/mol. The SMILES string of the molecule is C=CC(O)N=C(N)N(c1ccccc1)c1ccccc1. The van der Waals surface area contributed by atoms with Gasteiger partial charge in [0.05, 0.1) is 0 Å². The van der Waals surface area contributed by atoms with E-state index < -0.39 is 6.23 Å². The molecule has 0 aliphatic rings. The largest absolute Gasteiger partial charge is 0.369 e. The van der Waals surface area contributed by atoms with Crippen molar-refractivity contribution in [1.29, 1.82) is 0 Å². The van der Waals surface area contributed by atoms with E-state index in [1.165, 1.54) is 6.08 Å². The molecule has 0 aromatic heterocycles. The van der Waals surface area contributed by atoms with Gasteiger partial charge in [-0.1, -0.05) is 43.0 Å². The molecule has 0 fully saturated rings. The molecule has 0 amide bonds. The fourth-order valence-corrected chi connectivity index (χ4v) is 1.81. The summed E-state index contributed by atoms with van der Waals surface area (Å²) in [6, 6.07) is 19.2. The lowest BCUT2D eigenvalue weighted by atomic mass is 10.2. The summed E-state index contributed by atoms with van der Waals surface area (Å²) in [6.45, 7) is 3.49. The monoisotopic (exact) mass is 267 g/mol. The maximum Gasteiger partial charge on any atom is 0.203 e. The third-order valence-electron chi connectivity index (χ3n) is 2.73. The molecular weight excluding hydrogens is 250 g/mol. The zero-order valence-electron chi connectivity index (χ0n) is 11.1. The number of aliphatic imine (C=N–C) groups is 1. The van der Waals surface area contributed by atoms with Crippen molar-refractivity contribution in [2.75, 3.05) is 4.90 Å². The van der Waals surface area contributed by atoms with E-state index in [0.29, 0.717) is 0 Å². The van der Waals surface area contributed by atoms with Gasteiger partial charge in [-0.2, -0.15) is 0 Å². The van der Waals surface area contributed by atoms with Crippen molar-refractivity contribution >= 4 is 17.3 Å². The number of anilines is 2. The molecule has 1 unspecified atom stereocenters. The van der Waals surface area contributed by atoms with Crippen molar-refractivity contribution < 1.29 is 5.11 Å². The molecule has 20 heavy (non-hydrogen) atoms. The smallest absolute Gasteiger partial charge is 0.203 e. The standard InChI is InChI=1S/C16H17N3O/c1-2-15(20)18-16(17)19(13-9-5-3-6-10-13)14-11-7-4-8-12-14/h2-12,15,20H,1H2,(H2,17,18). The van der Waals surface area contributed by atoms with Crippen LogP contribution in [0.2, 0.25) is 0 Å². The van der Waals surface area contributed by atoms with Crippen molar-refractivity contribution in [3.05, 3.63) is 73.3 Å². The van der Waals surface area contributed by atoms with Gasteiger partial charge in [0.1, 0.15) is 0 Å². The Morgan fingerprint density at radius 1 is 1.05 bits per heavy atom. The number of nitrogens with zero attached hydrogens (tertiary/aromatic N) is 2. The average molecular weight is 267 g/mol. The maximum absolute atomic E-state index is 9.56. The van der Waals surface area contributed by atoms with Gasteiger partial charge in [-0.15, -0.1) is 0 Å². The predicted octanol–water partition coefficient (Wildman–Crippen LogP) is 2.64. The Bertz CT molecular complexity index is 542. The fourth-order valence-electron chi connectivity index (χ4n) is 1.81. The van der Waals surface area contributed by atoms with E-state index >= 15 is 0 Å². The number of nitrogens with two attached hydrogens (primary N) is 1. The number of benzene rings is 2. The molecular formula is C16H17N3O. The van der Waals surface area contributed by atoms with Crippen LogP contribution in [-0.2, 0) is 0 Å². The Balaban J connectivity index is 2.45. The zero-order valence-corrected chi connectivity index (χ0v) is 11.1. The van der Waals surface area contributed by atoms with E-state index in [2.05, 4.69) is 11.6 Å². The number of hydrogen-bond acceptors (Lipinski definition) is 2. The van der Waals surface area contributed by atoms with Gasteiger partial charge in [-0.3, -0.25) is 4.90 Å². The summed E-state index contributed by atoms with van der Waals surface area (Å²) in [6.07, 6.45) is 0.297. The number of para-hydroxylation sites is 2. The number of guanidine groups is 1. The summed E-state index contributed by atoms with van der Waals surface area (Å²) >= 11 is 0. The Labute approximate surface area is 118 Å². The second-order valence-corrected chi connectivity index (χ2v) is 4.14. The molecule has 4 nitrogen and oxygen atoms in total. The van der Waals surface area contributed by atoms with E-state index in [1.807, 2.05) is 60.7 Å². The van der Waals surface area contributed by atoms with Crippen LogP contribution in [0.1, 0.15) is 0 Å². The second-order valence-electron chi connectivity index (χ2n) is 4.14. The molecule has 102 valence electrons. The first-order valence-electron chi connectivity index (χ1n) is 6.26. The number of aliphatic hydroxyl groups excluding tert-OH is 1. The Kier molecular flexibility index (Phi) is 4.52. The summed E-state index contributed by atoms with van der Waals surface area (Å²) in [5.74, 6) is 0.204. The van der Waals surface area contributed by atoms with E-state index in [4.69, 9.17) is 5.73 Å². The van der Waals surface area contributed by atoms with Crippen LogP contribution in [0.3, 0.4) is 0 Å². The van der Waals surface area contributed by atoms with Crippen LogP contribution < -0.4 is 10.6 Å². The molecule has 0 aliphatic carbocycles. The first-order valence-corrected chi connectivity index (χ1v) is 6.26. The molecule has 0 bridgehead atoms. The van der Waals surface area contributed by atoms with Crippen molar-refractivity contribution in [2.24, 2.45) is 10.7 Å². The van der Waals surface area contributed by atoms with E-state index in [0.717, 1.165) is 11.4 Å². The minimum absolute atomic E-state index is 0.204. The van der Waals surface area contributed by atoms with Crippen molar-refractivity contribution in [3.63, 3.8) is 0 Å². The lowest BCUT2D eigenvalue weighted by Gasteiger charge is -2.24. The van der Waals surface area contributed by atoms with Crippen LogP contribution in [0.15, 0.2) is 78.3 Å². The normalized spacial score (nSPS) is 12.8. The van der Waals surface area contributed by atoms with E-state index in [1.54, 1.807) is 4.90 Å². The Morgan fingerprint density at radius 2 is 1.50 bits per heavy atom. The van der Waals surface area contributed by atoms with Gasteiger partial charge in [0, 0.05) is 11.4 Å². The van der Waals surface area contributed by atoms with Gasteiger partial charge in [0.25, 0.3) is 0 Å². The van der Waals surface area contributed by atoms with Crippen LogP contribution in [0.25, 0.3) is 0 Å². The van der Waals surface area contributed by atoms with Gasteiger partial charge in [0.2, 0.25) is 5.96 Å². The molecule has 2 aromatic rings. The van der Waals surface area contributed by atoms with Gasteiger partial charge in [0.15, 0.2) is 6.23 Å². The van der Waals surface area contributed by atoms with Gasteiger partial charge < -0.3 is 10.8 Å². The Morgan fingerprint density at radius 3 is 1.90 bits per heavy atom. The molecule has 0 spiro atoms. The molecule has 2 aromatic carbocycles. The molecule has 0 heterocycles. The zero-order chi connectivity index (χ0) is 14.4. The van der Waals surface area contributed by atoms with E-state index in [9.17, 15) is 5.11 Å². The van der Waals surface area contributed by atoms with Gasteiger partial charge in [-0.25, -0.2) is 4.99 Å². The van der Waals surface area contributed by atoms with Crippen molar-refractivity contribution in [3.8, 4) is 0 Å². The molecule has 0 saturated heterocycles. The molecule has 3 N–H and O–H groups in total. The Hall–Kier alpha value is -2.59. The minimum Gasteiger partial charge on any atom is -0.369 e. The summed E-state index contributed by atoms with van der Waals surface area (Å²) in [4.78, 5) is 5.78. The highest BCUT2D eigenvalue weighted by Gasteiger charge is 2.13. The summed E-state index contributed by atoms with van der Waals surface area (Å²) in [5.41, 5.74) is 7.77. The molecule has 4 heteroatoms. The van der Waals surface area contributed by atoms with Crippen LogP contribution in [0.4, 0.5) is 11.4 Å². The first kappa shape index (κ1) is 13.8. The second kappa shape index (κ2) is 6.54. The van der Waals surface area contributed by atoms with Crippen LogP contribution in [0.5, 0.6) is 0 Å². The van der Waals surface area contributed by atoms with Crippen LogP contribution in [0, 0.1) is 0 Å². The molecule has 0 aliphatic heterocycles. The third-order valence-corrected chi connectivity index (χ3v) is 2.73. The van der Waals surface area contributed by atoms with Gasteiger partial charge >= 0.3 is 0 Å². The fraction of sp³-hybridized carbons (Fsp3) is 0.0625. The quantitative estimate of drug-likeness (QED) is 0.508. The van der Waals surface area contributed by atoms with Crippen LogP contribution >= 0.6 is 0 Å². The van der Waals surface area contributed by atoms with Crippen molar-refractivity contribution in [2.45, 2.75) is 6.23 Å². The maximum atomic E-state index is 9.56. The first-order chi connectivity index (χ1) is 9.72. The average Bonchev–Trinajstić information content (AvgIpc) is 2.49. The highest BCUT2D eigenvalue weighted by molar-refractivity contribution is 6.01. The van der Waals surface area contributed by atoms with Gasteiger partial charge in [-0.05, 0) is 30.3 Å². The lowest BCUT2D eigenvalue weighted by molar-refractivity contribution is 0.234. The molecule has 1 atom stereocenters. The van der Waals surface area contributed by atoms with Crippen LogP contribution in [-0.4, -0.2) is 17.3 Å². The highest BCUT2D eigenvalue weighted by atomic mass is 16.3. The molecule has 0 radical (unpaired) electrons. The van der Waals surface area contributed by atoms with Crippen molar-refractivity contribution in [1.82, 2.24) is 0 Å². The molecule has 0 saturated carbocycles. The summed E-state index contributed by atoms with van der Waals surface area (Å²) < 4.78 is 0. The highest BCUT2D eigenvalue weighted by Crippen LogP contribution is 2.24. The molecule has 2 rings (SSSR count). The number of aliphatic hydroxyl groups is 1. The third kappa shape index (κ3) is 3.24. The number of rotatable bonds is 4.